The lowest BCUT2D eigenvalue weighted by Crippen LogP contribution is -2.63. The van der Waals surface area contributed by atoms with Crippen LogP contribution in [-0.4, -0.2) is 93.0 Å². The molecule has 0 aliphatic carbocycles. The highest BCUT2D eigenvalue weighted by molar-refractivity contribution is 6.15. The smallest absolute Gasteiger partial charge is 0.360 e. The summed E-state index contributed by atoms with van der Waals surface area (Å²) >= 11 is 0. The van der Waals surface area contributed by atoms with Crippen LogP contribution >= 0.6 is 0 Å². The average Bonchev–Trinajstić information content (AvgIpc) is 3.77. The van der Waals surface area contributed by atoms with Gasteiger partial charge >= 0.3 is 5.91 Å². The molecule has 1 aromatic heterocycles. The van der Waals surface area contributed by atoms with Crippen LogP contribution < -0.4 is 19.7 Å². The number of aliphatic imine (C=N–C) groups is 1. The van der Waals surface area contributed by atoms with Gasteiger partial charge in [-0.3, -0.25) is 0 Å². The molecule has 278 valence electrons. The first kappa shape index (κ1) is 36.8. The maximum atomic E-state index is 14.8. The molecule has 0 bridgehead atoms. The number of hydrogen-bond acceptors (Lipinski definition) is 12. The molecule has 0 radical (unpaired) electrons. The first-order valence-electron chi connectivity index (χ1n) is 17.4. The van der Waals surface area contributed by atoms with E-state index in [0.29, 0.717) is 17.1 Å². The number of quaternary nitrogens is 1. The molecule has 5 atom stereocenters. The monoisotopic (exact) mass is 732 g/mol. The van der Waals surface area contributed by atoms with E-state index in [1.54, 1.807) is 45.6 Å². The van der Waals surface area contributed by atoms with Crippen molar-refractivity contribution in [2.75, 3.05) is 46.9 Å². The van der Waals surface area contributed by atoms with Gasteiger partial charge in [0.05, 0.1) is 39.6 Å². The van der Waals surface area contributed by atoms with Crippen LogP contribution in [-0.2, 0) is 24.5 Å². The van der Waals surface area contributed by atoms with Crippen LogP contribution in [0.4, 0.5) is 17.3 Å². The fourth-order valence-corrected chi connectivity index (χ4v) is 7.14. The van der Waals surface area contributed by atoms with Crippen LogP contribution in [0.1, 0.15) is 27.0 Å². The number of ether oxygens (including phenoxy) is 6. The van der Waals surface area contributed by atoms with Crippen molar-refractivity contribution in [2.45, 2.75) is 30.1 Å². The molecular formula is C41H42N5O8+. The van der Waals surface area contributed by atoms with Crippen molar-refractivity contribution in [2.24, 2.45) is 4.99 Å². The number of amides is 1. The van der Waals surface area contributed by atoms with E-state index in [0.717, 1.165) is 16.7 Å². The van der Waals surface area contributed by atoms with Crippen molar-refractivity contribution in [1.82, 2.24) is 14.5 Å². The van der Waals surface area contributed by atoms with Gasteiger partial charge in [0.15, 0.2) is 17.6 Å². The Bertz CT molecular complexity index is 2020. The van der Waals surface area contributed by atoms with E-state index in [-0.39, 0.29) is 37.1 Å². The maximum Gasteiger partial charge on any atom is 0.360 e. The Morgan fingerprint density at radius 2 is 1.41 bits per heavy atom. The van der Waals surface area contributed by atoms with E-state index < -0.39 is 40.5 Å². The second kappa shape index (κ2) is 15.8. The molecule has 1 fully saturated rings. The van der Waals surface area contributed by atoms with Crippen molar-refractivity contribution < 1.29 is 38.3 Å². The Balaban J connectivity index is 1.33. The number of carbonyl (C=O) groups is 1. The van der Waals surface area contributed by atoms with Crippen molar-refractivity contribution >= 4 is 29.6 Å². The van der Waals surface area contributed by atoms with Gasteiger partial charge in [-0.1, -0.05) is 72.8 Å². The molecule has 7 rings (SSSR count). The summed E-state index contributed by atoms with van der Waals surface area (Å²) in [6.45, 7) is 0.201. The largest absolute Gasteiger partial charge is 0.497 e. The summed E-state index contributed by atoms with van der Waals surface area (Å²) in [5.41, 5.74) is 8.07. The minimum Gasteiger partial charge on any atom is -0.497 e. The number of methoxy groups -OCH3 is 3. The Kier molecular flexibility index (Phi) is 10.8. The third-order valence-corrected chi connectivity index (χ3v) is 9.86. The van der Waals surface area contributed by atoms with E-state index in [9.17, 15) is 9.90 Å². The standard InChI is InChI=1S/C41H42N5O8/c1-49-22-23-52-36-35(47)33(54-40(36)46(39(48)27-10-6-4-7-11-27)26-45-34-37(42)43-25-44-38(34)46)24-53-41(28-12-8-5-9-13-28,29-14-18-31(50-2)19-15-29)30-16-20-32(51-3)21-17-30/h4-21,25-26,33,35-36,40,47H,22-24H2,1-3H3,(H2,42,43,44)/q+1/t33-,35-,36-,40-,46?/m1/s1. The minimum absolute atomic E-state index is 0.0963. The highest BCUT2D eigenvalue weighted by atomic mass is 16.6. The lowest BCUT2D eigenvalue weighted by atomic mass is 9.80. The topological polar surface area (TPSA) is 157 Å². The summed E-state index contributed by atoms with van der Waals surface area (Å²) in [4.78, 5) is 27.9. The molecule has 5 aromatic rings. The fraction of sp³-hybridized carbons (Fsp3) is 0.268. The molecule has 13 heteroatoms. The van der Waals surface area contributed by atoms with Crippen LogP contribution in [0.15, 0.2) is 121 Å². The van der Waals surface area contributed by atoms with Crippen molar-refractivity contribution in [3.8, 4) is 11.5 Å². The SMILES string of the molecule is COCCO[C@@H]1[C@H](O)[C@@H](COC(c2ccccc2)(c2ccc(OC)cc2)c2ccc(OC)cc2)O[C@H]1[N+]1(C(=O)c2ccccc2)C=Nc2c(N)ncnc21. The van der Waals surface area contributed by atoms with Crippen LogP contribution in [0.2, 0.25) is 0 Å². The molecule has 2 aliphatic heterocycles. The van der Waals surface area contributed by atoms with Crippen LogP contribution in [0.5, 0.6) is 11.5 Å². The van der Waals surface area contributed by atoms with Gasteiger partial charge in [0, 0.05) is 7.11 Å². The predicted molar refractivity (Wildman–Crippen MR) is 202 cm³/mol. The van der Waals surface area contributed by atoms with Crippen LogP contribution in [0, 0.1) is 0 Å². The molecule has 4 aromatic carbocycles. The summed E-state index contributed by atoms with van der Waals surface area (Å²) in [5.74, 6) is 1.24. The van der Waals surface area contributed by atoms with E-state index in [2.05, 4.69) is 15.0 Å². The van der Waals surface area contributed by atoms with Gasteiger partial charge in [-0.05, 0) is 53.1 Å². The van der Waals surface area contributed by atoms with Gasteiger partial charge in [0.1, 0.15) is 35.6 Å². The number of carbonyl (C=O) groups excluding carboxylic acids is 1. The number of hydrogen-bond donors (Lipinski definition) is 2. The quantitative estimate of drug-likeness (QED) is 0.0898. The van der Waals surface area contributed by atoms with E-state index in [1.165, 1.54) is 12.7 Å². The number of rotatable bonds is 14. The molecule has 1 unspecified atom stereocenters. The molecule has 3 heterocycles. The van der Waals surface area contributed by atoms with Gasteiger partial charge in [-0.25, -0.2) is 9.78 Å². The first-order valence-corrected chi connectivity index (χ1v) is 17.4. The van der Waals surface area contributed by atoms with Crippen molar-refractivity contribution in [3.63, 3.8) is 0 Å². The summed E-state index contributed by atoms with van der Waals surface area (Å²) < 4.78 is 35.8. The zero-order valence-corrected chi connectivity index (χ0v) is 30.1. The summed E-state index contributed by atoms with van der Waals surface area (Å²) in [6.07, 6.45) is -1.81. The molecule has 13 nitrogen and oxygen atoms in total. The average molecular weight is 733 g/mol. The van der Waals surface area contributed by atoms with E-state index >= 15 is 0 Å². The Morgan fingerprint density at radius 1 is 0.815 bits per heavy atom. The second-order valence-corrected chi connectivity index (χ2v) is 12.8. The lowest BCUT2D eigenvalue weighted by Gasteiger charge is -2.37. The predicted octanol–water partition coefficient (Wildman–Crippen LogP) is 5.02. The summed E-state index contributed by atoms with van der Waals surface area (Å²) in [6, 6.07) is 33.8. The third kappa shape index (κ3) is 6.51. The fourth-order valence-electron chi connectivity index (χ4n) is 7.14. The third-order valence-electron chi connectivity index (χ3n) is 9.86. The molecule has 1 amide bonds. The Labute approximate surface area is 313 Å². The molecule has 54 heavy (non-hydrogen) atoms. The van der Waals surface area contributed by atoms with E-state index in [1.807, 2.05) is 84.9 Å². The number of nitrogen functional groups attached to an aromatic ring is 1. The number of nitrogens with zero attached hydrogens (tertiary/aromatic N) is 4. The Morgan fingerprint density at radius 3 is 2.00 bits per heavy atom. The number of fused-ring (bicyclic) bond motifs is 1. The maximum absolute atomic E-state index is 14.8. The first-order chi connectivity index (χ1) is 26.4. The zero-order chi connectivity index (χ0) is 37.7. The zero-order valence-electron chi connectivity index (χ0n) is 30.1. The van der Waals surface area contributed by atoms with Crippen LogP contribution in [0.25, 0.3) is 0 Å². The number of aromatic nitrogens is 2. The minimum atomic E-state index is -1.28. The molecule has 0 spiro atoms. The van der Waals surface area contributed by atoms with Gasteiger partial charge < -0.3 is 39.3 Å². The molecule has 2 aliphatic rings. The highest BCUT2D eigenvalue weighted by Crippen LogP contribution is 2.47. The van der Waals surface area contributed by atoms with E-state index in [4.69, 9.17) is 34.2 Å². The number of benzene rings is 4. The van der Waals surface area contributed by atoms with Gasteiger partial charge in [-0.2, -0.15) is 9.98 Å². The van der Waals surface area contributed by atoms with Gasteiger partial charge in [0.25, 0.3) is 5.82 Å². The normalized spacial score (nSPS) is 21.9. The van der Waals surface area contributed by atoms with Crippen molar-refractivity contribution in [3.05, 3.63) is 138 Å². The molecule has 3 N–H and O–H groups in total. The lowest BCUT2D eigenvalue weighted by molar-refractivity contribution is -0.0992. The Hall–Kier alpha value is -5.54. The number of aliphatic hydroxyl groups is 1. The summed E-state index contributed by atoms with van der Waals surface area (Å²) in [5, 5.41) is 12.2. The molecular weight excluding hydrogens is 690 g/mol. The van der Waals surface area contributed by atoms with Crippen LogP contribution in [0.3, 0.4) is 0 Å². The number of anilines is 1. The molecule has 1 saturated heterocycles. The van der Waals surface area contributed by atoms with Crippen molar-refractivity contribution in [1.29, 1.82) is 0 Å². The summed E-state index contributed by atoms with van der Waals surface area (Å²) in [7, 11) is 4.78. The number of nitrogens with two attached hydrogens (primary N) is 1. The highest BCUT2D eigenvalue weighted by Gasteiger charge is 2.63. The second-order valence-electron chi connectivity index (χ2n) is 12.8. The molecule has 0 saturated carbocycles. The van der Waals surface area contributed by atoms with Gasteiger partial charge in [0.2, 0.25) is 12.6 Å². The van der Waals surface area contributed by atoms with Gasteiger partial charge in [-0.15, -0.1) is 4.48 Å². The number of aliphatic hydroxyl groups excluding tert-OH is 1.